The number of aliphatic imine (C=N–C) groups is 1. The zero-order valence-electron chi connectivity index (χ0n) is 19.0. The van der Waals surface area contributed by atoms with E-state index in [4.69, 9.17) is 4.98 Å². The summed E-state index contributed by atoms with van der Waals surface area (Å²) in [5.41, 5.74) is 2.25. The second-order valence-corrected chi connectivity index (χ2v) is 8.59. The van der Waals surface area contributed by atoms with Gasteiger partial charge in [0, 0.05) is 58.8 Å². The quantitative estimate of drug-likeness (QED) is 0.343. The lowest BCUT2D eigenvalue weighted by Crippen LogP contribution is -2.49. The molecule has 0 radical (unpaired) electrons. The number of pyridine rings is 1. The predicted octanol–water partition coefficient (Wildman–Crippen LogP) is 3.70. The molecule has 0 aliphatic carbocycles. The molecule has 0 unspecified atom stereocenters. The van der Waals surface area contributed by atoms with Gasteiger partial charge in [-0.1, -0.05) is 32.0 Å². The highest BCUT2D eigenvalue weighted by atomic mass is 127. The molecule has 1 aromatic heterocycles. The van der Waals surface area contributed by atoms with Crippen molar-refractivity contribution in [2.75, 3.05) is 45.7 Å². The Morgan fingerprint density at radius 1 is 1.23 bits per heavy atom. The SMILES string of the molecule is CN=C(NCc1cc(N(C)C)nc2ccccc12)NC1CCN(CC(C)C)CC1.I. The fourth-order valence-electron chi connectivity index (χ4n) is 3.95. The maximum atomic E-state index is 4.75. The minimum absolute atomic E-state index is 0. The molecule has 0 bridgehead atoms. The van der Waals surface area contributed by atoms with Crippen molar-refractivity contribution in [1.29, 1.82) is 0 Å². The molecule has 0 amide bonds. The molecule has 166 valence electrons. The molecule has 0 spiro atoms. The molecule has 1 aliphatic heterocycles. The minimum Gasteiger partial charge on any atom is -0.363 e. The van der Waals surface area contributed by atoms with Crippen LogP contribution in [-0.4, -0.2) is 62.7 Å². The topological polar surface area (TPSA) is 55.8 Å². The highest BCUT2D eigenvalue weighted by molar-refractivity contribution is 14.0. The third-order valence-electron chi connectivity index (χ3n) is 5.47. The predicted molar refractivity (Wildman–Crippen MR) is 139 cm³/mol. The van der Waals surface area contributed by atoms with Crippen molar-refractivity contribution in [3.05, 3.63) is 35.9 Å². The van der Waals surface area contributed by atoms with Crippen LogP contribution in [0.25, 0.3) is 10.9 Å². The van der Waals surface area contributed by atoms with Crippen molar-refractivity contribution in [2.24, 2.45) is 10.9 Å². The van der Waals surface area contributed by atoms with Crippen LogP contribution in [0.15, 0.2) is 35.3 Å². The fraction of sp³-hybridized carbons (Fsp3) is 0.565. The Labute approximate surface area is 198 Å². The molecule has 2 heterocycles. The van der Waals surface area contributed by atoms with Crippen LogP contribution in [0.5, 0.6) is 0 Å². The number of rotatable bonds is 6. The van der Waals surface area contributed by atoms with E-state index in [2.05, 4.69) is 58.6 Å². The smallest absolute Gasteiger partial charge is 0.191 e. The van der Waals surface area contributed by atoms with Crippen molar-refractivity contribution < 1.29 is 0 Å². The van der Waals surface area contributed by atoms with Gasteiger partial charge in [-0.05, 0) is 36.5 Å². The van der Waals surface area contributed by atoms with Crippen LogP contribution in [0.3, 0.4) is 0 Å². The van der Waals surface area contributed by atoms with E-state index >= 15 is 0 Å². The number of anilines is 1. The Morgan fingerprint density at radius 3 is 2.57 bits per heavy atom. The lowest BCUT2D eigenvalue weighted by atomic mass is 10.0. The maximum absolute atomic E-state index is 4.75. The Balaban J connectivity index is 0.00000320. The van der Waals surface area contributed by atoms with Crippen LogP contribution < -0.4 is 15.5 Å². The molecule has 1 aromatic carbocycles. The number of nitrogens with one attached hydrogen (secondary N) is 2. The Kier molecular flexibility index (Phi) is 9.61. The van der Waals surface area contributed by atoms with E-state index < -0.39 is 0 Å². The second kappa shape index (κ2) is 11.7. The third-order valence-corrected chi connectivity index (χ3v) is 5.47. The molecule has 2 N–H and O–H groups in total. The van der Waals surface area contributed by atoms with Gasteiger partial charge in [0.1, 0.15) is 5.82 Å². The summed E-state index contributed by atoms with van der Waals surface area (Å²) in [5.74, 6) is 2.58. The standard InChI is InChI=1S/C23H36N6.HI/c1-17(2)16-29-12-10-19(11-13-29)26-23(24-3)25-15-18-14-22(28(4)5)27-21-9-7-6-8-20(18)21;/h6-9,14,17,19H,10-13,15-16H2,1-5H3,(H2,24,25,26);1H. The zero-order valence-corrected chi connectivity index (χ0v) is 21.3. The highest BCUT2D eigenvalue weighted by Crippen LogP contribution is 2.22. The number of piperidine rings is 1. The van der Waals surface area contributed by atoms with E-state index in [0.29, 0.717) is 6.04 Å². The molecular weight excluding hydrogens is 487 g/mol. The molecule has 1 saturated heterocycles. The lowest BCUT2D eigenvalue weighted by molar-refractivity contribution is 0.187. The number of hydrogen-bond donors (Lipinski definition) is 2. The summed E-state index contributed by atoms with van der Waals surface area (Å²) in [4.78, 5) is 13.8. The van der Waals surface area contributed by atoms with E-state index in [0.717, 1.165) is 55.7 Å². The number of hydrogen-bond acceptors (Lipinski definition) is 4. The van der Waals surface area contributed by atoms with Crippen LogP contribution in [0.1, 0.15) is 32.3 Å². The number of para-hydroxylation sites is 1. The van der Waals surface area contributed by atoms with Gasteiger partial charge in [-0.3, -0.25) is 4.99 Å². The van der Waals surface area contributed by atoms with E-state index in [9.17, 15) is 0 Å². The van der Waals surface area contributed by atoms with Gasteiger partial charge in [-0.25, -0.2) is 4.98 Å². The van der Waals surface area contributed by atoms with Crippen LogP contribution in [-0.2, 0) is 6.54 Å². The fourth-order valence-corrected chi connectivity index (χ4v) is 3.95. The molecule has 1 aliphatic rings. The first-order chi connectivity index (χ1) is 14.0. The Hall–Kier alpha value is -1.61. The Bertz CT molecular complexity index is 828. The van der Waals surface area contributed by atoms with Gasteiger partial charge in [-0.15, -0.1) is 24.0 Å². The molecule has 3 rings (SSSR count). The summed E-state index contributed by atoms with van der Waals surface area (Å²) in [6, 6.07) is 11.0. The molecule has 2 aromatic rings. The van der Waals surface area contributed by atoms with Gasteiger partial charge in [0.05, 0.1) is 5.52 Å². The van der Waals surface area contributed by atoms with Crippen molar-refractivity contribution in [1.82, 2.24) is 20.5 Å². The zero-order chi connectivity index (χ0) is 20.8. The summed E-state index contributed by atoms with van der Waals surface area (Å²) in [7, 11) is 5.90. The first-order valence-corrected chi connectivity index (χ1v) is 10.7. The lowest BCUT2D eigenvalue weighted by Gasteiger charge is -2.34. The van der Waals surface area contributed by atoms with E-state index in [1.165, 1.54) is 17.5 Å². The van der Waals surface area contributed by atoms with E-state index in [1.54, 1.807) is 0 Å². The maximum Gasteiger partial charge on any atom is 0.191 e. The van der Waals surface area contributed by atoms with Crippen molar-refractivity contribution in [3.8, 4) is 0 Å². The van der Waals surface area contributed by atoms with Crippen molar-refractivity contribution >= 4 is 46.7 Å². The van der Waals surface area contributed by atoms with Crippen molar-refractivity contribution in [2.45, 2.75) is 39.3 Å². The van der Waals surface area contributed by atoms with Crippen LogP contribution in [0, 0.1) is 5.92 Å². The second-order valence-electron chi connectivity index (χ2n) is 8.59. The molecular formula is C23H37IN6. The van der Waals surface area contributed by atoms with Crippen LogP contribution in [0.4, 0.5) is 5.82 Å². The van der Waals surface area contributed by atoms with Gasteiger partial charge < -0.3 is 20.4 Å². The summed E-state index contributed by atoms with van der Waals surface area (Å²) in [5, 5.41) is 8.32. The summed E-state index contributed by atoms with van der Waals surface area (Å²) in [6.07, 6.45) is 2.33. The molecule has 0 saturated carbocycles. The van der Waals surface area contributed by atoms with Gasteiger partial charge in [0.2, 0.25) is 0 Å². The largest absolute Gasteiger partial charge is 0.363 e. The van der Waals surface area contributed by atoms with Gasteiger partial charge in [0.25, 0.3) is 0 Å². The average molecular weight is 524 g/mol. The number of fused-ring (bicyclic) bond motifs is 1. The summed E-state index contributed by atoms with van der Waals surface area (Å²) in [6.45, 7) is 8.82. The van der Waals surface area contributed by atoms with Crippen LogP contribution >= 0.6 is 24.0 Å². The summed E-state index contributed by atoms with van der Waals surface area (Å²) >= 11 is 0. The number of guanidine groups is 1. The normalized spacial score (nSPS) is 15.9. The number of halogens is 1. The number of nitrogens with zero attached hydrogens (tertiary/aromatic N) is 4. The van der Waals surface area contributed by atoms with Gasteiger partial charge in [0.15, 0.2) is 5.96 Å². The van der Waals surface area contributed by atoms with Crippen LogP contribution in [0.2, 0.25) is 0 Å². The summed E-state index contributed by atoms with van der Waals surface area (Å²) < 4.78 is 0. The average Bonchev–Trinajstić information content (AvgIpc) is 2.71. The first kappa shape index (κ1) is 24.7. The van der Waals surface area contributed by atoms with Gasteiger partial charge in [-0.2, -0.15) is 0 Å². The third kappa shape index (κ3) is 6.70. The molecule has 30 heavy (non-hydrogen) atoms. The Morgan fingerprint density at radius 2 is 1.93 bits per heavy atom. The first-order valence-electron chi connectivity index (χ1n) is 10.7. The van der Waals surface area contributed by atoms with Gasteiger partial charge >= 0.3 is 0 Å². The highest BCUT2D eigenvalue weighted by Gasteiger charge is 2.20. The van der Waals surface area contributed by atoms with E-state index in [1.807, 2.05) is 32.1 Å². The number of likely N-dealkylation sites (tertiary alicyclic amines) is 1. The van der Waals surface area contributed by atoms with Crippen molar-refractivity contribution in [3.63, 3.8) is 0 Å². The minimum atomic E-state index is 0. The number of aromatic nitrogens is 1. The molecule has 6 nitrogen and oxygen atoms in total. The molecule has 0 atom stereocenters. The van der Waals surface area contributed by atoms with E-state index in [-0.39, 0.29) is 24.0 Å². The number of benzene rings is 1. The molecule has 1 fully saturated rings. The molecule has 7 heteroatoms. The monoisotopic (exact) mass is 524 g/mol.